The summed E-state index contributed by atoms with van der Waals surface area (Å²) in [6.07, 6.45) is 2.12. The van der Waals surface area contributed by atoms with E-state index in [1.807, 2.05) is 12.1 Å². The number of aryl methyl sites for hydroxylation is 1. The molecule has 0 amide bonds. The van der Waals surface area contributed by atoms with Crippen molar-refractivity contribution in [3.8, 4) is 0 Å². The summed E-state index contributed by atoms with van der Waals surface area (Å²) in [6.45, 7) is 7.04. The Bertz CT molecular complexity index is 583. The molecule has 18 heavy (non-hydrogen) atoms. The molecule has 2 rings (SSSR count). The first-order chi connectivity index (χ1) is 8.49. The Labute approximate surface area is 106 Å². The van der Waals surface area contributed by atoms with Crippen molar-refractivity contribution in [2.75, 3.05) is 0 Å². The second-order valence-electron chi connectivity index (χ2n) is 4.57. The number of nitro benzene ring substituents is 1. The molecule has 0 fully saturated rings. The van der Waals surface area contributed by atoms with Crippen molar-refractivity contribution in [3.05, 3.63) is 63.0 Å². The van der Waals surface area contributed by atoms with Crippen LogP contribution in [-0.2, 0) is 6.54 Å². The van der Waals surface area contributed by atoms with Gasteiger partial charge in [0.1, 0.15) is 0 Å². The molecule has 0 aliphatic rings. The Morgan fingerprint density at radius 3 is 2.22 bits per heavy atom. The number of hydrogen-bond acceptors (Lipinski definition) is 2. The van der Waals surface area contributed by atoms with E-state index in [9.17, 15) is 10.1 Å². The van der Waals surface area contributed by atoms with Gasteiger partial charge in [0, 0.05) is 30.6 Å². The molecule has 4 heteroatoms. The van der Waals surface area contributed by atoms with Crippen LogP contribution in [0.1, 0.15) is 22.4 Å². The summed E-state index contributed by atoms with van der Waals surface area (Å²) in [5.41, 5.74) is 5.02. The summed E-state index contributed by atoms with van der Waals surface area (Å²) in [5, 5.41) is 10.6. The molecule has 0 atom stereocenters. The number of aromatic nitrogens is 1. The molecule has 0 bridgehead atoms. The summed E-state index contributed by atoms with van der Waals surface area (Å²) >= 11 is 0. The van der Waals surface area contributed by atoms with Gasteiger partial charge in [-0.1, -0.05) is 12.1 Å². The third-order valence-corrected chi connectivity index (χ3v) is 3.41. The molecule has 0 unspecified atom stereocenters. The monoisotopic (exact) mass is 244 g/mol. The standard InChI is InChI=1S/C14H16N2O2/c1-10-8-15(12(3)11(10)2)9-13-4-6-14(7-5-13)16(17)18/h4-8H,9H2,1-3H3. The molecule has 0 spiro atoms. The van der Waals surface area contributed by atoms with Crippen LogP contribution in [-0.4, -0.2) is 9.49 Å². The van der Waals surface area contributed by atoms with Gasteiger partial charge in [-0.3, -0.25) is 10.1 Å². The summed E-state index contributed by atoms with van der Waals surface area (Å²) in [6, 6.07) is 6.71. The lowest BCUT2D eigenvalue weighted by Crippen LogP contribution is -2.00. The first kappa shape index (κ1) is 12.4. The number of nitro groups is 1. The third-order valence-electron chi connectivity index (χ3n) is 3.41. The van der Waals surface area contributed by atoms with Crippen LogP contribution in [0.5, 0.6) is 0 Å². The second kappa shape index (κ2) is 4.64. The van der Waals surface area contributed by atoms with Gasteiger partial charge in [-0.2, -0.15) is 0 Å². The van der Waals surface area contributed by atoms with Crippen molar-refractivity contribution in [1.29, 1.82) is 0 Å². The quantitative estimate of drug-likeness (QED) is 0.614. The second-order valence-corrected chi connectivity index (χ2v) is 4.57. The highest BCUT2D eigenvalue weighted by atomic mass is 16.6. The topological polar surface area (TPSA) is 48.1 Å². The predicted octanol–water partition coefficient (Wildman–Crippen LogP) is 3.37. The Morgan fingerprint density at radius 2 is 1.78 bits per heavy atom. The third kappa shape index (κ3) is 2.27. The van der Waals surface area contributed by atoms with Crippen LogP contribution in [0.25, 0.3) is 0 Å². The predicted molar refractivity (Wildman–Crippen MR) is 70.8 cm³/mol. The highest BCUT2D eigenvalue weighted by Crippen LogP contribution is 2.18. The molecule has 1 aromatic carbocycles. The SMILES string of the molecule is Cc1cn(Cc2ccc([N+](=O)[O-])cc2)c(C)c1C. The van der Waals surface area contributed by atoms with Crippen LogP contribution in [0.3, 0.4) is 0 Å². The number of non-ortho nitro benzene ring substituents is 1. The van der Waals surface area contributed by atoms with Gasteiger partial charge in [-0.05, 0) is 37.5 Å². The van der Waals surface area contributed by atoms with Crippen LogP contribution < -0.4 is 0 Å². The smallest absolute Gasteiger partial charge is 0.269 e. The maximum Gasteiger partial charge on any atom is 0.269 e. The van der Waals surface area contributed by atoms with E-state index in [1.165, 1.54) is 16.8 Å². The molecule has 4 nitrogen and oxygen atoms in total. The van der Waals surface area contributed by atoms with Gasteiger partial charge in [-0.15, -0.1) is 0 Å². The summed E-state index contributed by atoms with van der Waals surface area (Å²) in [5.74, 6) is 0. The molecule has 0 radical (unpaired) electrons. The van der Waals surface area contributed by atoms with Crippen molar-refractivity contribution in [2.24, 2.45) is 0 Å². The number of benzene rings is 1. The van der Waals surface area contributed by atoms with Crippen molar-refractivity contribution < 1.29 is 4.92 Å². The van der Waals surface area contributed by atoms with E-state index in [0.29, 0.717) is 0 Å². The highest BCUT2D eigenvalue weighted by molar-refractivity contribution is 5.34. The fourth-order valence-electron chi connectivity index (χ4n) is 2.01. The number of nitrogens with zero attached hydrogens (tertiary/aromatic N) is 2. The maximum atomic E-state index is 10.6. The van der Waals surface area contributed by atoms with Gasteiger partial charge >= 0.3 is 0 Å². The normalized spacial score (nSPS) is 10.6. The lowest BCUT2D eigenvalue weighted by molar-refractivity contribution is -0.384. The average Bonchev–Trinajstić information content (AvgIpc) is 2.58. The zero-order chi connectivity index (χ0) is 13.3. The van der Waals surface area contributed by atoms with E-state index in [1.54, 1.807) is 12.1 Å². The van der Waals surface area contributed by atoms with E-state index >= 15 is 0 Å². The van der Waals surface area contributed by atoms with Gasteiger partial charge in [0.05, 0.1) is 4.92 Å². The number of rotatable bonds is 3. The van der Waals surface area contributed by atoms with E-state index in [0.717, 1.165) is 12.1 Å². The van der Waals surface area contributed by atoms with Crippen molar-refractivity contribution >= 4 is 5.69 Å². The Balaban J connectivity index is 2.23. The molecule has 0 N–H and O–H groups in total. The largest absolute Gasteiger partial charge is 0.347 e. The van der Waals surface area contributed by atoms with Crippen molar-refractivity contribution in [1.82, 2.24) is 4.57 Å². The molecule has 94 valence electrons. The Hall–Kier alpha value is -2.10. The summed E-state index contributed by atoms with van der Waals surface area (Å²) < 4.78 is 2.17. The van der Waals surface area contributed by atoms with E-state index < -0.39 is 0 Å². The van der Waals surface area contributed by atoms with Gasteiger partial charge < -0.3 is 4.57 Å². The van der Waals surface area contributed by atoms with E-state index in [2.05, 4.69) is 31.5 Å². The Kier molecular flexibility index (Phi) is 3.19. The van der Waals surface area contributed by atoms with Gasteiger partial charge in [0.2, 0.25) is 0 Å². The molecule has 0 aliphatic heterocycles. The molecule has 1 heterocycles. The van der Waals surface area contributed by atoms with E-state index in [4.69, 9.17) is 0 Å². The molecule has 0 saturated heterocycles. The van der Waals surface area contributed by atoms with Gasteiger partial charge in [0.25, 0.3) is 5.69 Å². The molecular weight excluding hydrogens is 228 g/mol. The van der Waals surface area contributed by atoms with Crippen LogP contribution in [0, 0.1) is 30.9 Å². The molecular formula is C14H16N2O2. The minimum Gasteiger partial charge on any atom is -0.347 e. The van der Waals surface area contributed by atoms with Crippen LogP contribution in [0.4, 0.5) is 5.69 Å². The molecule has 1 aromatic heterocycles. The Morgan fingerprint density at radius 1 is 1.17 bits per heavy atom. The van der Waals surface area contributed by atoms with Crippen LogP contribution in [0.15, 0.2) is 30.5 Å². The molecule has 0 saturated carbocycles. The first-order valence-corrected chi connectivity index (χ1v) is 5.85. The minimum atomic E-state index is -0.376. The van der Waals surface area contributed by atoms with Gasteiger partial charge in [0.15, 0.2) is 0 Å². The zero-order valence-corrected chi connectivity index (χ0v) is 10.8. The maximum absolute atomic E-state index is 10.6. The lowest BCUT2D eigenvalue weighted by atomic mass is 10.2. The first-order valence-electron chi connectivity index (χ1n) is 5.85. The summed E-state index contributed by atoms with van der Waals surface area (Å²) in [4.78, 5) is 10.2. The fourth-order valence-corrected chi connectivity index (χ4v) is 2.01. The fraction of sp³-hybridized carbons (Fsp3) is 0.286. The average molecular weight is 244 g/mol. The van der Waals surface area contributed by atoms with Crippen molar-refractivity contribution in [2.45, 2.75) is 27.3 Å². The van der Waals surface area contributed by atoms with Crippen LogP contribution >= 0.6 is 0 Å². The van der Waals surface area contributed by atoms with Crippen LogP contribution in [0.2, 0.25) is 0 Å². The van der Waals surface area contributed by atoms with Gasteiger partial charge in [-0.25, -0.2) is 0 Å². The summed E-state index contributed by atoms with van der Waals surface area (Å²) in [7, 11) is 0. The molecule has 0 aliphatic carbocycles. The highest BCUT2D eigenvalue weighted by Gasteiger charge is 2.07. The minimum absolute atomic E-state index is 0.135. The van der Waals surface area contributed by atoms with Crippen molar-refractivity contribution in [3.63, 3.8) is 0 Å². The number of hydrogen-bond donors (Lipinski definition) is 0. The molecule has 2 aromatic rings. The zero-order valence-electron chi connectivity index (χ0n) is 10.8. The van der Waals surface area contributed by atoms with E-state index in [-0.39, 0.29) is 10.6 Å². The lowest BCUT2D eigenvalue weighted by Gasteiger charge is -2.06.